The van der Waals surface area contributed by atoms with Crippen molar-refractivity contribution in [3.05, 3.63) is 64.6 Å². The standard InChI is InChI=1S/C24H30N2O4/c1-5-25(6-2)12-8-13-26-21(19-9-7-14-30-19)20(23(28)24(26)29)22(27)18-15-16(3)10-11-17(18)4/h7,9-11,14-15,21,27H,5-6,8,12-13H2,1-4H3/t21-/m1/s1. The average Bonchev–Trinajstić information content (AvgIpc) is 3.35. The summed E-state index contributed by atoms with van der Waals surface area (Å²) >= 11 is 0. The molecular weight excluding hydrogens is 380 g/mol. The van der Waals surface area contributed by atoms with E-state index in [0.29, 0.717) is 17.9 Å². The number of ketones is 1. The number of furan rings is 1. The Labute approximate surface area is 177 Å². The van der Waals surface area contributed by atoms with Crippen LogP contribution in [-0.4, -0.2) is 52.8 Å². The van der Waals surface area contributed by atoms with Crippen LogP contribution in [0.1, 0.15) is 48.8 Å². The lowest BCUT2D eigenvalue weighted by Gasteiger charge is -2.25. The third-order valence-electron chi connectivity index (χ3n) is 5.77. The van der Waals surface area contributed by atoms with Gasteiger partial charge in [-0.2, -0.15) is 0 Å². The Kier molecular flexibility index (Phi) is 6.77. The molecular formula is C24H30N2O4. The van der Waals surface area contributed by atoms with Crippen molar-refractivity contribution in [2.75, 3.05) is 26.2 Å². The van der Waals surface area contributed by atoms with Crippen LogP contribution >= 0.6 is 0 Å². The number of nitrogens with zero attached hydrogens (tertiary/aromatic N) is 2. The van der Waals surface area contributed by atoms with Crippen molar-refractivity contribution in [1.29, 1.82) is 0 Å². The van der Waals surface area contributed by atoms with Crippen LogP contribution in [0.2, 0.25) is 0 Å². The SMILES string of the molecule is CCN(CC)CCCN1C(=O)C(=O)C(=C(O)c2cc(C)ccc2C)[C@H]1c1ccco1. The largest absolute Gasteiger partial charge is 0.507 e. The van der Waals surface area contributed by atoms with Crippen molar-refractivity contribution in [3.8, 4) is 0 Å². The molecule has 2 heterocycles. The number of amides is 1. The second-order valence-corrected chi connectivity index (χ2v) is 7.71. The van der Waals surface area contributed by atoms with E-state index in [1.54, 1.807) is 12.1 Å². The van der Waals surface area contributed by atoms with Crippen LogP contribution in [-0.2, 0) is 9.59 Å². The fourth-order valence-corrected chi connectivity index (χ4v) is 3.99. The van der Waals surface area contributed by atoms with E-state index in [2.05, 4.69) is 18.7 Å². The lowest BCUT2D eigenvalue weighted by Crippen LogP contribution is -2.33. The van der Waals surface area contributed by atoms with Gasteiger partial charge < -0.3 is 19.3 Å². The number of Topliss-reactive ketones (excluding diaryl/α,β-unsaturated/α-hetero) is 1. The molecule has 30 heavy (non-hydrogen) atoms. The van der Waals surface area contributed by atoms with Gasteiger partial charge in [-0.25, -0.2) is 0 Å². The highest BCUT2D eigenvalue weighted by Gasteiger charge is 2.47. The number of carbonyl (C=O) groups excluding carboxylic acids is 2. The first-order valence-electron chi connectivity index (χ1n) is 10.5. The van der Waals surface area contributed by atoms with E-state index in [1.165, 1.54) is 11.2 Å². The lowest BCUT2D eigenvalue weighted by molar-refractivity contribution is -0.140. The quantitative estimate of drug-likeness (QED) is 0.404. The Morgan fingerprint density at radius 1 is 1.17 bits per heavy atom. The molecule has 6 heteroatoms. The maximum absolute atomic E-state index is 13.0. The van der Waals surface area contributed by atoms with Gasteiger partial charge in [0, 0.05) is 12.1 Å². The molecule has 1 aliphatic rings. The molecule has 0 unspecified atom stereocenters. The highest BCUT2D eigenvalue weighted by molar-refractivity contribution is 6.46. The Hall–Kier alpha value is -2.86. The number of hydrogen-bond acceptors (Lipinski definition) is 5. The molecule has 1 atom stereocenters. The number of likely N-dealkylation sites (tertiary alicyclic amines) is 1. The van der Waals surface area contributed by atoms with E-state index in [9.17, 15) is 14.7 Å². The predicted molar refractivity (Wildman–Crippen MR) is 116 cm³/mol. The summed E-state index contributed by atoms with van der Waals surface area (Å²) in [6, 6.07) is 8.41. The molecule has 1 saturated heterocycles. The third-order valence-corrected chi connectivity index (χ3v) is 5.77. The Balaban J connectivity index is 2.01. The van der Waals surface area contributed by atoms with Crippen LogP contribution in [0.15, 0.2) is 46.6 Å². The van der Waals surface area contributed by atoms with Gasteiger partial charge in [0.1, 0.15) is 17.6 Å². The number of carbonyl (C=O) groups is 2. The zero-order valence-electron chi connectivity index (χ0n) is 18.1. The molecule has 0 radical (unpaired) electrons. The van der Waals surface area contributed by atoms with Crippen molar-refractivity contribution in [3.63, 3.8) is 0 Å². The van der Waals surface area contributed by atoms with E-state index in [0.717, 1.165) is 37.2 Å². The topological polar surface area (TPSA) is 74.0 Å². The van der Waals surface area contributed by atoms with E-state index < -0.39 is 17.7 Å². The third kappa shape index (κ3) is 4.19. The molecule has 0 saturated carbocycles. The van der Waals surface area contributed by atoms with Crippen molar-refractivity contribution in [2.24, 2.45) is 0 Å². The fraction of sp³-hybridized carbons (Fsp3) is 0.417. The minimum Gasteiger partial charge on any atom is -0.507 e. The van der Waals surface area contributed by atoms with Gasteiger partial charge in [0.2, 0.25) is 0 Å². The molecule has 6 nitrogen and oxygen atoms in total. The summed E-state index contributed by atoms with van der Waals surface area (Å²) in [5.41, 5.74) is 2.45. The van der Waals surface area contributed by atoms with E-state index in [4.69, 9.17) is 4.42 Å². The summed E-state index contributed by atoms with van der Waals surface area (Å²) in [6.45, 7) is 11.1. The molecule has 0 spiro atoms. The molecule has 1 amide bonds. The summed E-state index contributed by atoms with van der Waals surface area (Å²) in [5.74, 6) is -0.938. The summed E-state index contributed by atoms with van der Waals surface area (Å²) in [4.78, 5) is 29.7. The van der Waals surface area contributed by atoms with E-state index in [-0.39, 0.29) is 11.3 Å². The Bertz CT molecular complexity index is 942. The van der Waals surface area contributed by atoms with Crippen molar-refractivity contribution in [2.45, 2.75) is 40.2 Å². The van der Waals surface area contributed by atoms with Crippen molar-refractivity contribution < 1.29 is 19.1 Å². The van der Waals surface area contributed by atoms with Gasteiger partial charge in [-0.3, -0.25) is 9.59 Å². The van der Waals surface area contributed by atoms with Crippen molar-refractivity contribution in [1.82, 2.24) is 9.80 Å². The fourth-order valence-electron chi connectivity index (χ4n) is 3.99. The van der Waals surface area contributed by atoms with Crippen LogP contribution in [0.3, 0.4) is 0 Å². The molecule has 160 valence electrons. The predicted octanol–water partition coefficient (Wildman–Crippen LogP) is 4.05. The van der Waals surface area contributed by atoms with Crippen LogP contribution < -0.4 is 0 Å². The molecule has 1 aromatic heterocycles. The number of aryl methyl sites for hydroxylation is 2. The lowest BCUT2D eigenvalue weighted by atomic mass is 9.96. The highest BCUT2D eigenvalue weighted by Crippen LogP contribution is 2.40. The number of benzene rings is 1. The van der Waals surface area contributed by atoms with Crippen LogP contribution in [0.4, 0.5) is 0 Å². The molecule has 2 aromatic rings. The number of rotatable bonds is 8. The van der Waals surface area contributed by atoms with Crippen LogP contribution in [0.25, 0.3) is 5.76 Å². The van der Waals surface area contributed by atoms with Gasteiger partial charge in [-0.15, -0.1) is 0 Å². The second-order valence-electron chi connectivity index (χ2n) is 7.71. The van der Waals surface area contributed by atoms with Crippen molar-refractivity contribution >= 4 is 17.4 Å². The summed E-state index contributed by atoms with van der Waals surface area (Å²) in [7, 11) is 0. The number of aliphatic hydroxyl groups is 1. The molecule has 0 bridgehead atoms. The smallest absolute Gasteiger partial charge is 0.295 e. The van der Waals surface area contributed by atoms with Gasteiger partial charge >= 0.3 is 0 Å². The first-order valence-corrected chi connectivity index (χ1v) is 10.5. The first kappa shape index (κ1) is 21.8. The number of aliphatic hydroxyl groups excluding tert-OH is 1. The van der Waals surface area contributed by atoms with Gasteiger partial charge in [-0.05, 0) is 63.7 Å². The van der Waals surface area contributed by atoms with E-state index >= 15 is 0 Å². The second kappa shape index (κ2) is 9.30. The minimum absolute atomic E-state index is 0.0893. The Morgan fingerprint density at radius 3 is 2.53 bits per heavy atom. The van der Waals surface area contributed by atoms with Crippen LogP contribution in [0.5, 0.6) is 0 Å². The zero-order chi connectivity index (χ0) is 21.8. The monoisotopic (exact) mass is 410 g/mol. The molecule has 1 aromatic carbocycles. The Morgan fingerprint density at radius 2 is 1.90 bits per heavy atom. The molecule has 3 rings (SSSR count). The molecule has 0 aliphatic carbocycles. The normalized spacial score (nSPS) is 18.6. The zero-order valence-corrected chi connectivity index (χ0v) is 18.1. The minimum atomic E-state index is -0.725. The maximum atomic E-state index is 13.0. The van der Waals surface area contributed by atoms with Gasteiger partial charge in [0.25, 0.3) is 11.7 Å². The first-order chi connectivity index (χ1) is 14.4. The average molecular weight is 411 g/mol. The summed E-state index contributed by atoms with van der Waals surface area (Å²) in [5, 5.41) is 11.1. The maximum Gasteiger partial charge on any atom is 0.295 e. The highest BCUT2D eigenvalue weighted by atomic mass is 16.3. The molecule has 1 fully saturated rings. The summed E-state index contributed by atoms with van der Waals surface area (Å²) in [6.07, 6.45) is 2.25. The van der Waals surface area contributed by atoms with Gasteiger partial charge in [0.15, 0.2) is 0 Å². The summed E-state index contributed by atoms with van der Waals surface area (Å²) < 4.78 is 5.58. The molecule has 1 N–H and O–H groups in total. The van der Waals surface area contributed by atoms with E-state index in [1.807, 2.05) is 32.0 Å². The van der Waals surface area contributed by atoms with Gasteiger partial charge in [0.05, 0.1) is 11.8 Å². The van der Waals surface area contributed by atoms with Crippen LogP contribution in [0, 0.1) is 13.8 Å². The van der Waals surface area contributed by atoms with Gasteiger partial charge in [-0.1, -0.05) is 31.5 Å². The molecule has 1 aliphatic heterocycles. The number of hydrogen-bond donors (Lipinski definition) is 1.